The maximum absolute atomic E-state index is 2.42. The van der Waals surface area contributed by atoms with Gasteiger partial charge in [0.25, 0.3) is 0 Å². The van der Waals surface area contributed by atoms with Gasteiger partial charge in [0.15, 0.2) is 0 Å². The zero-order valence-corrected chi connectivity index (χ0v) is 13.1. The molecule has 0 aromatic carbocycles. The van der Waals surface area contributed by atoms with Crippen molar-refractivity contribution in [2.45, 2.75) is 81.1 Å². The largest absolute Gasteiger partial charge is 0.0683 e. The summed E-state index contributed by atoms with van der Waals surface area (Å²) in [5, 5.41) is 0. The second-order valence-electron chi connectivity index (χ2n) is 5.89. The van der Waals surface area contributed by atoms with Crippen LogP contribution < -0.4 is 0 Å². The van der Waals surface area contributed by atoms with Gasteiger partial charge in [0, 0.05) is 0 Å². The average Bonchev–Trinajstić information content (AvgIpc) is 2.19. The molecule has 2 unspecified atom stereocenters. The lowest BCUT2D eigenvalue weighted by atomic mass is 9.86. The van der Waals surface area contributed by atoms with Crippen LogP contribution in [0.2, 0.25) is 0 Å². The predicted molar refractivity (Wildman–Crippen MR) is 77.8 cm³/mol. The Bertz CT molecular complexity index is 124. The van der Waals surface area contributed by atoms with Crippen molar-refractivity contribution in [3.8, 4) is 0 Å². The zero-order chi connectivity index (χ0) is 13.1. The van der Waals surface area contributed by atoms with Crippen LogP contribution in [0.25, 0.3) is 0 Å². The Morgan fingerprint density at radius 1 is 0.750 bits per heavy atom. The van der Waals surface area contributed by atoms with Gasteiger partial charge in [0.1, 0.15) is 0 Å². The van der Waals surface area contributed by atoms with Gasteiger partial charge in [0.2, 0.25) is 0 Å². The summed E-state index contributed by atoms with van der Waals surface area (Å²) in [7, 11) is 0. The number of hydrogen-bond acceptors (Lipinski definition) is 0. The lowest BCUT2D eigenvalue weighted by molar-refractivity contribution is 0.313. The van der Waals surface area contributed by atoms with E-state index in [9.17, 15) is 0 Å². The van der Waals surface area contributed by atoms with Crippen LogP contribution in [-0.4, -0.2) is 0 Å². The molecular weight excluding hydrogens is 192 g/mol. The molecule has 16 heavy (non-hydrogen) atoms. The highest BCUT2D eigenvalue weighted by atomic mass is 14.2. The third-order valence-corrected chi connectivity index (χ3v) is 3.39. The van der Waals surface area contributed by atoms with E-state index in [1.165, 1.54) is 25.7 Å². The van der Waals surface area contributed by atoms with Crippen LogP contribution >= 0.6 is 0 Å². The quantitative estimate of drug-likeness (QED) is 0.489. The van der Waals surface area contributed by atoms with E-state index in [4.69, 9.17) is 0 Å². The van der Waals surface area contributed by atoms with Crippen LogP contribution in [0.1, 0.15) is 81.1 Å². The van der Waals surface area contributed by atoms with Crippen molar-refractivity contribution in [3.63, 3.8) is 0 Å². The summed E-state index contributed by atoms with van der Waals surface area (Å²) in [4.78, 5) is 0. The molecule has 0 amide bonds. The zero-order valence-electron chi connectivity index (χ0n) is 13.1. The molecule has 0 nitrogen and oxygen atoms in total. The second kappa shape index (κ2) is 11.5. The molecule has 0 spiro atoms. The summed E-state index contributed by atoms with van der Waals surface area (Å²) < 4.78 is 0. The molecule has 0 heteroatoms. The van der Waals surface area contributed by atoms with E-state index in [0.29, 0.717) is 0 Å². The van der Waals surface area contributed by atoms with E-state index in [-0.39, 0.29) is 0 Å². The number of rotatable bonds is 7. The molecule has 0 N–H and O–H groups in total. The topological polar surface area (TPSA) is 0 Å². The van der Waals surface area contributed by atoms with Gasteiger partial charge in [0.05, 0.1) is 0 Å². The van der Waals surface area contributed by atoms with Crippen molar-refractivity contribution in [1.82, 2.24) is 0 Å². The molecule has 0 saturated carbocycles. The fraction of sp³-hybridized carbons (Fsp3) is 1.00. The maximum atomic E-state index is 2.42. The SMILES string of the molecule is CC.CC(C)CCCC(C)CC(C)C(C)C. The molecule has 0 rings (SSSR count). The molecule has 0 saturated heterocycles. The van der Waals surface area contributed by atoms with E-state index >= 15 is 0 Å². The molecule has 2 atom stereocenters. The first-order valence-corrected chi connectivity index (χ1v) is 7.43. The Hall–Kier alpha value is 0. The van der Waals surface area contributed by atoms with Gasteiger partial charge in [-0.25, -0.2) is 0 Å². The minimum Gasteiger partial charge on any atom is -0.0683 e. The van der Waals surface area contributed by atoms with E-state index in [1.807, 2.05) is 13.8 Å². The highest BCUT2D eigenvalue weighted by Gasteiger charge is 2.11. The van der Waals surface area contributed by atoms with Crippen LogP contribution in [0.15, 0.2) is 0 Å². The van der Waals surface area contributed by atoms with Crippen molar-refractivity contribution >= 4 is 0 Å². The summed E-state index contributed by atoms with van der Waals surface area (Å²) in [6, 6.07) is 0. The van der Waals surface area contributed by atoms with Gasteiger partial charge in [-0.2, -0.15) is 0 Å². The Morgan fingerprint density at radius 3 is 1.62 bits per heavy atom. The van der Waals surface area contributed by atoms with Gasteiger partial charge in [-0.3, -0.25) is 0 Å². The van der Waals surface area contributed by atoms with Gasteiger partial charge in [-0.1, -0.05) is 74.7 Å². The molecule has 0 aliphatic heterocycles. The minimum atomic E-state index is 0.850. The monoisotopic (exact) mass is 228 g/mol. The molecule has 0 aliphatic rings. The normalized spacial score (nSPS) is 14.6. The van der Waals surface area contributed by atoms with Crippen molar-refractivity contribution in [2.75, 3.05) is 0 Å². The van der Waals surface area contributed by atoms with Crippen LogP contribution in [0.4, 0.5) is 0 Å². The molecule has 0 fully saturated rings. The lowest BCUT2D eigenvalue weighted by Gasteiger charge is -2.20. The van der Waals surface area contributed by atoms with E-state index in [0.717, 1.165) is 23.7 Å². The van der Waals surface area contributed by atoms with E-state index in [1.54, 1.807) is 0 Å². The van der Waals surface area contributed by atoms with Crippen LogP contribution in [0, 0.1) is 23.7 Å². The molecule has 0 heterocycles. The fourth-order valence-corrected chi connectivity index (χ4v) is 1.90. The first-order chi connectivity index (χ1) is 7.43. The smallest absolute Gasteiger partial charge is 0.0417 e. The van der Waals surface area contributed by atoms with Crippen molar-refractivity contribution in [2.24, 2.45) is 23.7 Å². The minimum absolute atomic E-state index is 0.850. The first-order valence-electron chi connectivity index (χ1n) is 7.43. The van der Waals surface area contributed by atoms with Crippen molar-refractivity contribution < 1.29 is 0 Å². The summed E-state index contributed by atoms with van der Waals surface area (Å²) in [6.07, 6.45) is 5.66. The highest BCUT2D eigenvalue weighted by molar-refractivity contribution is 4.63. The number of hydrogen-bond donors (Lipinski definition) is 0. The lowest BCUT2D eigenvalue weighted by Crippen LogP contribution is -2.09. The Labute approximate surface area is 105 Å². The van der Waals surface area contributed by atoms with Gasteiger partial charge in [-0.15, -0.1) is 0 Å². The maximum Gasteiger partial charge on any atom is -0.0417 e. The Balaban J connectivity index is 0. The van der Waals surface area contributed by atoms with Crippen LogP contribution in [-0.2, 0) is 0 Å². The third-order valence-electron chi connectivity index (χ3n) is 3.39. The molecule has 0 aliphatic carbocycles. The van der Waals surface area contributed by atoms with Crippen LogP contribution in [0.5, 0.6) is 0 Å². The van der Waals surface area contributed by atoms with Crippen molar-refractivity contribution in [3.05, 3.63) is 0 Å². The standard InChI is InChI=1S/C14H30.C2H6/c1-11(2)8-7-9-13(5)10-14(6)12(3)4;1-2/h11-14H,7-10H2,1-6H3;1-2H3. The Kier molecular flexibility index (Phi) is 13.2. The highest BCUT2D eigenvalue weighted by Crippen LogP contribution is 2.23. The van der Waals surface area contributed by atoms with Gasteiger partial charge < -0.3 is 0 Å². The molecule has 0 radical (unpaired) electrons. The Morgan fingerprint density at radius 2 is 1.25 bits per heavy atom. The summed E-state index contributed by atoms with van der Waals surface area (Å²) in [6.45, 7) is 18.1. The second-order valence-corrected chi connectivity index (χ2v) is 5.89. The van der Waals surface area contributed by atoms with Gasteiger partial charge in [-0.05, 0) is 30.1 Å². The van der Waals surface area contributed by atoms with Gasteiger partial charge >= 0.3 is 0 Å². The first kappa shape index (κ1) is 18.4. The predicted octanol–water partition coefficient (Wildman–Crippen LogP) is 6.16. The molecule has 0 bridgehead atoms. The summed E-state index contributed by atoms with van der Waals surface area (Å²) in [5.41, 5.74) is 0. The van der Waals surface area contributed by atoms with Crippen LogP contribution in [0.3, 0.4) is 0 Å². The third kappa shape index (κ3) is 12.1. The van der Waals surface area contributed by atoms with E-state index in [2.05, 4.69) is 41.5 Å². The molecular formula is C16H36. The summed E-state index contributed by atoms with van der Waals surface area (Å²) in [5.74, 6) is 3.54. The van der Waals surface area contributed by atoms with E-state index < -0.39 is 0 Å². The molecule has 0 aromatic heterocycles. The average molecular weight is 228 g/mol. The summed E-state index contributed by atoms with van der Waals surface area (Å²) >= 11 is 0. The molecule has 100 valence electrons. The fourth-order valence-electron chi connectivity index (χ4n) is 1.90. The van der Waals surface area contributed by atoms with Crippen molar-refractivity contribution in [1.29, 1.82) is 0 Å². The molecule has 0 aromatic rings.